The van der Waals surface area contributed by atoms with Gasteiger partial charge in [-0.15, -0.1) is 23.4 Å². The molecule has 10 nitrogen and oxygen atoms in total. The number of benzene rings is 1. The van der Waals surface area contributed by atoms with Crippen molar-refractivity contribution >= 4 is 39.3 Å². The van der Waals surface area contributed by atoms with Gasteiger partial charge in [0, 0.05) is 6.54 Å². The number of amides is 1. The Morgan fingerprint density at radius 2 is 1.85 bits per heavy atom. The molecule has 9 atom stereocenters. The number of carbonyl (C=O) groups is 1. The Balaban J connectivity index is 1.48. The highest BCUT2D eigenvalue weighted by Gasteiger charge is 2.48. The average molecular weight is 608 g/mol. The van der Waals surface area contributed by atoms with E-state index in [2.05, 4.69) is 15.4 Å². The summed E-state index contributed by atoms with van der Waals surface area (Å²) < 4.78 is 33.5. The number of nitrogens with one attached hydrogen (secondary N) is 3. The van der Waals surface area contributed by atoms with Crippen molar-refractivity contribution in [1.82, 2.24) is 15.4 Å². The Kier molecular flexibility index (Phi) is 12.3. The largest absolute Gasteiger partial charge is 0.388 e. The number of hydrogen-bond acceptors (Lipinski definition) is 9. The van der Waals surface area contributed by atoms with Gasteiger partial charge in [-0.1, -0.05) is 17.7 Å². The van der Waals surface area contributed by atoms with Crippen LogP contribution in [0.2, 0.25) is 0 Å². The zero-order valence-electron chi connectivity index (χ0n) is 22.6. The predicted octanol–water partition coefficient (Wildman–Crippen LogP) is 1.09. The van der Waals surface area contributed by atoms with Gasteiger partial charge in [0.1, 0.15) is 29.9 Å². The van der Waals surface area contributed by atoms with Gasteiger partial charge in [-0.05, 0) is 76.8 Å². The maximum atomic E-state index is 13.2. The van der Waals surface area contributed by atoms with Crippen LogP contribution in [0.1, 0.15) is 44.6 Å². The number of rotatable bonds is 11. The van der Waals surface area contributed by atoms with Crippen molar-refractivity contribution in [3.63, 3.8) is 0 Å². The fraction of sp³-hybridized carbons (Fsp3) is 0.731. The molecule has 0 saturated carbocycles. The molecule has 1 amide bonds. The highest BCUT2D eigenvalue weighted by molar-refractivity contribution is 7.99. The Labute approximate surface area is 240 Å². The van der Waals surface area contributed by atoms with Crippen molar-refractivity contribution in [2.24, 2.45) is 5.92 Å². The van der Waals surface area contributed by atoms with E-state index in [9.17, 15) is 28.5 Å². The minimum Gasteiger partial charge on any atom is -0.388 e. The van der Waals surface area contributed by atoms with Crippen LogP contribution < -0.4 is 15.4 Å². The molecule has 6 N–H and O–H groups in total. The van der Waals surface area contributed by atoms with Gasteiger partial charge in [-0.2, -0.15) is 0 Å². The molecule has 1 aromatic rings. The van der Waals surface area contributed by atoms with Crippen LogP contribution in [0.25, 0.3) is 0 Å². The van der Waals surface area contributed by atoms with E-state index in [0.717, 1.165) is 24.8 Å². The number of aliphatic hydroxyl groups is 3. The van der Waals surface area contributed by atoms with Crippen molar-refractivity contribution in [1.29, 1.82) is 0 Å². The van der Waals surface area contributed by atoms with E-state index in [4.69, 9.17) is 16.3 Å². The smallest absolute Gasteiger partial charge is 0.240 e. The molecule has 1 aromatic carbocycles. The van der Waals surface area contributed by atoms with Crippen LogP contribution in [0.4, 0.5) is 0 Å². The number of alkyl halides is 1. The van der Waals surface area contributed by atoms with Crippen LogP contribution in [0.5, 0.6) is 0 Å². The number of thioether (sulfide) groups is 1. The second-order valence-corrected chi connectivity index (χ2v) is 13.9. The van der Waals surface area contributed by atoms with Crippen molar-refractivity contribution < 1.29 is 33.3 Å². The summed E-state index contributed by atoms with van der Waals surface area (Å²) in [5.41, 5.74) is 0.236. The van der Waals surface area contributed by atoms with Gasteiger partial charge in [0.15, 0.2) is 0 Å². The topological polar surface area (TPSA) is 157 Å². The first-order valence-corrected chi connectivity index (χ1v) is 16.6. The lowest BCUT2D eigenvalue weighted by molar-refractivity contribution is -0.205. The lowest BCUT2D eigenvalue weighted by Crippen LogP contribution is -2.65. The quantitative estimate of drug-likeness (QED) is 0.160. The van der Waals surface area contributed by atoms with E-state index in [0.29, 0.717) is 31.8 Å². The number of halogens is 1. The summed E-state index contributed by atoms with van der Waals surface area (Å²) in [6, 6.07) is 5.50. The van der Waals surface area contributed by atoms with Crippen LogP contribution in [-0.2, 0) is 19.6 Å². The van der Waals surface area contributed by atoms with Crippen LogP contribution in [0.3, 0.4) is 0 Å². The SMILES string of the molecule is CSC1O[C@H]([C@H](NC(=O)[C@@H]2CC[C@H](CCCNS(=O)(=O)c3ccc(C)cc3)CCN2)[C@H](C)Cl)C(O)C(O)[C@H]1O. The van der Waals surface area contributed by atoms with Gasteiger partial charge in [0.2, 0.25) is 15.9 Å². The zero-order chi connectivity index (χ0) is 28.7. The molecule has 0 spiro atoms. The van der Waals surface area contributed by atoms with Gasteiger partial charge >= 0.3 is 0 Å². The molecule has 13 heteroatoms. The standard InChI is InChI=1S/C26H42ClN3O7S2/c1-15-6-9-18(10-7-15)39(35,36)29-13-4-5-17-8-11-19(28-14-12-17)25(34)30-20(16(2)27)24-22(32)21(31)23(33)26(37-24)38-3/h6-7,9-10,16-17,19-24,26,28-29,31-33H,4-5,8,11-14H2,1-3H3,(H,30,34)/t16-,17-,19-,20+,21?,22?,23+,24+,26?/m0/s1. The Morgan fingerprint density at radius 3 is 2.49 bits per heavy atom. The molecule has 0 aromatic heterocycles. The lowest BCUT2D eigenvalue weighted by atomic mass is 9.92. The van der Waals surface area contributed by atoms with Crippen LogP contribution in [0, 0.1) is 12.8 Å². The molecule has 3 unspecified atom stereocenters. The minimum absolute atomic E-state index is 0.256. The molecule has 0 aliphatic carbocycles. The minimum atomic E-state index is -3.54. The monoisotopic (exact) mass is 607 g/mol. The van der Waals surface area contributed by atoms with Crippen LogP contribution in [0.15, 0.2) is 29.2 Å². The molecule has 2 fully saturated rings. The van der Waals surface area contributed by atoms with E-state index >= 15 is 0 Å². The van der Waals surface area contributed by atoms with Crippen LogP contribution in [-0.4, -0.2) is 96.3 Å². The van der Waals surface area contributed by atoms with E-state index in [1.807, 2.05) is 6.92 Å². The molecular formula is C26H42ClN3O7S2. The first kappa shape index (κ1) is 32.6. The highest BCUT2D eigenvalue weighted by Crippen LogP contribution is 2.30. The van der Waals surface area contributed by atoms with Gasteiger partial charge in [0.25, 0.3) is 0 Å². The first-order chi connectivity index (χ1) is 18.4. The molecule has 2 heterocycles. The second-order valence-electron chi connectivity index (χ2n) is 10.5. The summed E-state index contributed by atoms with van der Waals surface area (Å²) in [5.74, 6) is 0.0838. The Morgan fingerprint density at radius 1 is 1.15 bits per heavy atom. The normalized spacial score (nSPS) is 31.7. The number of hydrogen-bond donors (Lipinski definition) is 6. The van der Waals surface area contributed by atoms with E-state index in [-0.39, 0.29) is 10.8 Å². The summed E-state index contributed by atoms with van der Waals surface area (Å²) in [6.45, 7) is 4.57. The fourth-order valence-corrected chi connectivity index (χ4v) is 7.07. The Hall–Kier alpha value is -0.960. The number of aryl methyl sites for hydroxylation is 1. The molecule has 39 heavy (non-hydrogen) atoms. The summed E-state index contributed by atoms with van der Waals surface area (Å²) in [4.78, 5) is 13.4. The summed E-state index contributed by atoms with van der Waals surface area (Å²) >= 11 is 7.58. The van der Waals surface area contributed by atoms with Crippen LogP contribution >= 0.6 is 23.4 Å². The van der Waals surface area contributed by atoms with Crippen molar-refractivity contribution in [3.05, 3.63) is 29.8 Å². The number of sulfonamides is 1. The second kappa shape index (κ2) is 14.8. The Bertz CT molecular complexity index is 1030. The molecule has 2 aliphatic rings. The van der Waals surface area contributed by atoms with Gasteiger partial charge < -0.3 is 30.7 Å². The summed E-state index contributed by atoms with van der Waals surface area (Å²) in [5, 5.41) is 36.6. The number of aliphatic hydroxyl groups excluding tert-OH is 3. The first-order valence-electron chi connectivity index (χ1n) is 13.4. The van der Waals surface area contributed by atoms with Crippen molar-refractivity contribution in [2.75, 3.05) is 19.3 Å². The fourth-order valence-electron chi connectivity index (χ4n) is 5.11. The van der Waals surface area contributed by atoms with E-state index < -0.39 is 57.3 Å². The van der Waals surface area contributed by atoms with Gasteiger partial charge in [0.05, 0.1) is 22.4 Å². The lowest BCUT2D eigenvalue weighted by Gasteiger charge is -2.44. The maximum absolute atomic E-state index is 13.2. The summed E-state index contributed by atoms with van der Waals surface area (Å²) in [6.07, 6.45) is 0.444. The summed E-state index contributed by atoms with van der Waals surface area (Å²) in [7, 11) is -3.54. The van der Waals surface area contributed by atoms with E-state index in [1.165, 1.54) is 11.8 Å². The third-order valence-corrected chi connectivity index (χ3v) is 10.1. The highest BCUT2D eigenvalue weighted by atomic mass is 35.5. The van der Waals surface area contributed by atoms with Crippen molar-refractivity contribution in [2.45, 2.75) is 98.2 Å². The third kappa shape index (κ3) is 8.76. The molecule has 0 radical (unpaired) electrons. The van der Waals surface area contributed by atoms with Crippen molar-refractivity contribution in [3.8, 4) is 0 Å². The average Bonchev–Trinajstić information content (AvgIpc) is 3.15. The zero-order valence-corrected chi connectivity index (χ0v) is 25.0. The number of ether oxygens (including phenoxy) is 1. The van der Waals surface area contributed by atoms with Gasteiger partial charge in [-0.3, -0.25) is 4.79 Å². The third-order valence-electron chi connectivity index (χ3n) is 7.53. The molecule has 2 saturated heterocycles. The number of carbonyl (C=O) groups excluding carboxylic acids is 1. The molecule has 222 valence electrons. The predicted molar refractivity (Wildman–Crippen MR) is 152 cm³/mol. The maximum Gasteiger partial charge on any atom is 0.240 e. The van der Waals surface area contributed by atoms with E-state index in [1.54, 1.807) is 37.4 Å². The van der Waals surface area contributed by atoms with Gasteiger partial charge in [-0.25, -0.2) is 13.1 Å². The molecule has 3 rings (SSSR count). The molecule has 2 aliphatic heterocycles. The molecular weight excluding hydrogens is 566 g/mol. The molecule has 0 bridgehead atoms.